The Labute approximate surface area is 213 Å². The SMILES string of the molecule is COc1ccc(CN2C(=S)NC(c3ccccn3)C2c2cccn2-c2ccc(Cl)cc2Cl)cc1. The van der Waals surface area contributed by atoms with Gasteiger partial charge >= 0.3 is 0 Å². The zero-order valence-electron chi connectivity index (χ0n) is 18.4. The van der Waals surface area contributed by atoms with E-state index in [0.29, 0.717) is 21.7 Å². The van der Waals surface area contributed by atoms with Crippen molar-refractivity contribution in [2.75, 3.05) is 7.11 Å². The Morgan fingerprint density at radius 1 is 1.03 bits per heavy atom. The van der Waals surface area contributed by atoms with Gasteiger partial charge in [0.1, 0.15) is 5.75 Å². The number of ether oxygens (including phenoxy) is 1. The van der Waals surface area contributed by atoms with Crippen LogP contribution in [-0.4, -0.2) is 26.7 Å². The van der Waals surface area contributed by atoms with E-state index in [1.165, 1.54) is 0 Å². The summed E-state index contributed by atoms with van der Waals surface area (Å²) in [4.78, 5) is 6.83. The molecule has 1 aliphatic rings. The van der Waals surface area contributed by atoms with E-state index in [0.717, 1.165) is 28.4 Å². The molecule has 1 fully saturated rings. The Hall–Kier alpha value is -3.06. The van der Waals surface area contributed by atoms with E-state index in [-0.39, 0.29) is 12.1 Å². The van der Waals surface area contributed by atoms with E-state index in [9.17, 15) is 0 Å². The molecule has 0 spiro atoms. The van der Waals surface area contributed by atoms with Gasteiger partial charge in [-0.25, -0.2) is 0 Å². The molecule has 34 heavy (non-hydrogen) atoms. The molecule has 2 unspecified atom stereocenters. The van der Waals surface area contributed by atoms with E-state index in [1.54, 1.807) is 19.4 Å². The van der Waals surface area contributed by atoms with Gasteiger partial charge in [-0.2, -0.15) is 0 Å². The second-order valence-corrected chi connectivity index (χ2v) is 9.23. The lowest BCUT2D eigenvalue weighted by molar-refractivity contribution is 0.302. The van der Waals surface area contributed by atoms with Crippen LogP contribution in [-0.2, 0) is 6.54 Å². The molecule has 2 aromatic carbocycles. The minimum absolute atomic E-state index is 0.119. The zero-order chi connectivity index (χ0) is 23.7. The van der Waals surface area contributed by atoms with Crippen molar-refractivity contribution in [3.05, 3.63) is 112 Å². The second kappa shape index (κ2) is 9.66. The van der Waals surface area contributed by atoms with Gasteiger partial charge in [-0.3, -0.25) is 4.98 Å². The quantitative estimate of drug-likeness (QED) is 0.307. The standard InChI is InChI=1S/C26H22Cl2N4OS/c1-33-19-10-7-17(8-11-19)16-32-25(24(30-26(32)34)21-5-2-3-13-29-21)23-6-4-14-31(23)22-12-9-18(27)15-20(22)28/h2-15,24-25H,16H2,1H3,(H,30,34). The number of methoxy groups -OCH3 is 1. The zero-order valence-corrected chi connectivity index (χ0v) is 20.7. The summed E-state index contributed by atoms with van der Waals surface area (Å²) in [6.07, 6.45) is 3.81. The van der Waals surface area contributed by atoms with E-state index in [2.05, 4.69) is 38.0 Å². The first-order chi connectivity index (χ1) is 16.5. The third kappa shape index (κ3) is 4.37. The highest BCUT2D eigenvalue weighted by Gasteiger charge is 2.41. The first-order valence-electron chi connectivity index (χ1n) is 10.8. The lowest BCUT2D eigenvalue weighted by atomic mass is 10.0. The summed E-state index contributed by atoms with van der Waals surface area (Å²) in [6, 6.07) is 23.4. The molecule has 1 aliphatic heterocycles. The predicted octanol–water partition coefficient (Wildman–Crippen LogP) is 6.36. The number of aromatic nitrogens is 2. The van der Waals surface area contributed by atoms with E-state index in [4.69, 9.17) is 40.2 Å². The molecule has 5 nitrogen and oxygen atoms in total. The predicted molar refractivity (Wildman–Crippen MR) is 140 cm³/mol. The Bertz CT molecular complexity index is 1310. The Kier molecular flexibility index (Phi) is 6.46. The van der Waals surface area contributed by atoms with Crippen LogP contribution in [0.1, 0.15) is 29.0 Å². The number of pyridine rings is 1. The smallest absolute Gasteiger partial charge is 0.170 e. The van der Waals surface area contributed by atoms with Crippen molar-refractivity contribution in [1.29, 1.82) is 0 Å². The summed E-state index contributed by atoms with van der Waals surface area (Å²) in [5, 5.41) is 5.35. The number of rotatable bonds is 6. The summed E-state index contributed by atoms with van der Waals surface area (Å²) in [5.74, 6) is 0.819. The fraction of sp³-hybridized carbons (Fsp3) is 0.154. The summed E-state index contributed by atoms with van der Waals surface area (Å²) in [6.45, 7) is 0.628. The Balaban J connectivity index is 1.59. The topological polar surface area (TPSA) is 42.3 Å². The summed E-state index contributed by atoms with van der Waals surface area (Å²) < 4.78 is 7.41. The maximum absolute atomic E-state index is 6.59. The van der Waals surface area contributed by atoms with Crippen molar-refractivity contribution in [3.63, 3.8) is 0 Å². The minimum atomic E-state index is -0.133. The van der Waals surface area contributed by atoms with E-state index >= 15 is 0 Å². The lowest BCUT2D eigenvalue weighted by Gasteiger charge is -2.29. The van der Waals surface area contributed by atoms with Gasteiger partial charge in [0.2, 0.25) is 0 Å². The Morgan fingerprint density at radius 3 is 2.56 bits per heavy atom. The van der Waals surface area contributed by atoms with Gasteiger partial charge in [0, 0.05) is 29.7 Å². The van der Waals surface area contributed by atoms with Gasteiger partial charge in [-0.15, -0.1) is 0 Å². The van der Waals surface area contributed by atoms with Crippen LogP contribution in [0.3, 0.4) is 0 Å². The normalized spacial score (nSPS) is 17.6. The lowest BCUT2D eigenvalue weighted by Crippen LogP contribution is -2.30. The van der Waals surface area contributed by atoms with Crippen molar-refractivity contribution < 1.29 is 4.74 Å². The average molecular weight is 509 g/mol. The van der Waals surface area contributed by atoms with Gasteiger partial charge in [-0.05, 0) is 72.4 Å². The van der Waals surface area contributed by atoms with Crippen molar-refractivity contribution in [2.24, 2.45) is 0 Å². The number of benzene rings is 2. The molecule has 0 amide bonds. The fourth-order valence-corrected chi connectivity index (χ4v) is 5.16. The highest BCUT2D eigenvalue weighted by molar-refractivity contribution is 7.80. The fourth-order valence-electron chi connectivity index (χ4n) is 4.36. The number of hydrogen-bond acceptors (Lipinski definition) is 3. The summed E-state index contributed by atoms with van der Waals surface area (Å²) in [7, 11) is 1.66. The number of halogens is 2. The first-order valence-corrected chi connectivity index (χ1v) is 12.0. The van der Waals surface area contributed by atoms with Crippen LogP contribution in [0, 0.1) is 0 Å². The molecule has 0 bridgehead atoms. The van der Waals surface area contributed by atoms with E-state index in [1.807, 2.05) is 54.7 Å². The monoisotopic (exact) mass is 508 g/mol. The second-order valence-electron chi connectivity index (χ2n) is 8.00. The highest BCUT2D eigenvalue weighted by atomic mass is 35.5. The molecule has 8 heteroatoms. The molecule has 1 N–H and O–H groups in total. The van der Waals surface area contributed by atoms with Gasteiger partial charge in [0.05, 0.1) is 35.6 Å². The van der Waals surface area contributed by atoms with Crippen molar-refractivity contribution in [2.45, 2.75) is 18.6 Å². The highest BCUT2D eigenvalue weighted by Crippen LogP contribution is 2.41. The van der Waals surface area contributed by atoms with Gasteiger partial charge in [-0.1, -0.05) is 41.4 Å². The van der Waals surface area contributed by atoms with Crippen LogP contribution in [0.4, 0.5) is 0 Å². The minimum Gasteiger partial charge on any atom is -0.497 e. The maximum Gasteiger partial charge on any atom is 0.170 e. The largest absolute Gasteiger partial charge is 0.497 e. The third-order valence-corrected chi connectivity index (χ3v) is 6.85. The Morgan fingerprint density at radius 2 is 1.85 bits per heavy atom. The molecule has 0 saturated carbocycles. The summed E-state index contributed by atoms with van der Waals surface area (Å²) >= 11 is 18.6. The molecule has 1 saturated heterocycles. The van der Waals surface area contributed by atoms with Crippen LogP contribution in [0.2, 0.25) is 10.0 Å². The average Bonchev–Trinajstić information content (AvgIpc) is 3.44. The molecule has 2 atom stereocenters. The maximum atomic E-state index is 6.59. The molecular weight excluding hydrogens is 487 g/mol. The number of nitrogens with one attached hydrogen (secondary N) is 1. The van der Waals surface area contributed by atoms with Crippen LogP contribution < -0.4 is 10.1 Å². The first kappa shape index (κ1) is 22.7. The molecule has 0 radical (unpaired) electrons. The van der Waals surface area contributed by atoms with Gasteiger partial charge in [0.15, 0.2) is 5.11 Å². The van der Waals surface area contributed by atoms with Crippen molar-refractivity contribution in [1.82, 2.24) is 19.8 Å². The molecule has 3 heterocycles. The van der Waals surface area contributed by atoms with Crippen LogP contribution in [0.15, 0.2) is 85.2 Å². The number of hydrogen-bond donors (Lipinski definition) is 1. The molecule has 5 rings (SSSR count). The van der Waals surface area contributed by atoms with Crippen LogP contribution in [0.25, 0.3) is 5.69 Å². The van der Waals surface area contributed by atoms with Gasteiger partial charge in [0.25, 0.3) is 0 Å². The molecule has 0 aliphatic carbocycles. The molecule has 2 aromatic heterocycles. The summed E-state index contributed by atoms with van der Waals surface area (Å²) in [5.41, 5.74) is 3.94. The molecular formula is C26H22Cl2N4OS. The van der Waals surface area contributed by atoms with Crippen LogP contribution in [0.5, 0.6) is 5.75 Å². The van der Waals surface area contributed by atoms with Crippen molar-refractivity contribution in [3.8, 4) is 11.4 Å². The number of nitrogens with zero attached hydrogens (tertiary/aromatic N) is 3. The number of thiocarbonyl (C=S) groups is 1. The van der Waals surface area contributed by atoms with Crippen molar-refractivity contribution >= 4 is 40.5 Å². The van der Waals surface area contributed by atoms with E-state index < -0.39 is 0 Å². The third-order valence-electron chi connectivity index (χ3n) is 5.96. The molecule has 4 aromatic rings. The van der Waals surface area contributed by atoms with Crippen LogP contribution >= 0.6 is 35.4 Å². The molecule has 172 valence electrons. The van der Waals surface area contributed by atoms with Gasteiger partial charge < -0.3 is 19.5 Å².